The lowest BCUT2D eigenvalue weighted by Crippen LogP contribution is -2.06. The number of halogens is 5. The van der Waals surface area contributed by atoms with Gasteiger partial charge in [0.15, 0.2) is 0 Å². The molecule has 2 rings (SSSR count). The highest BCUT2D eigenvalue weighted by molar-refractivity contribution is 6.42. The van der Waals surface area contributed by atoms with Crippen molar-refractivity contribution < 1.29 is 22.8 Å². The molecule has 4 nitrogen and oxygen atoms in total. The van der Waals surface area contributed by atoms with E-state index in [9.17, 15) is 23.3 Å². The Balaban J connectivity index is 2.42. The summed E-state index contributed by atoms with van der Waals surface area (Å²) < 4.78 is 43.0. The molecule has 0 radical (unpaired) electrons. The van der Waals surface area contributed by atoms with Gasteiger partial charge in [-0.1, -0.05) is 23.2 Å². The average molecular weight is 352 g/mol. The fourth-order valence-electron chi connectivity index (χ4n) is 1.59. The van der Waals surface area contributed by atoms with Crippen LogP contribution in [0.2, 0.25) is 10.0 Å². The Morgan fingerprint density at radius 3 is 2.27 bits per heavy atom. The number of ether oxygens (including phenoxy) is 1. The van der Waals surface area contributed by atoms with E-state index in [0.29, 0.717) is 12.1 Å². The van der Waals surface area contributed by atoms with Gasteiger partial charge in [0.1, 0.15) is 5.75 Å². The van der Waals surface area contributed by atoms with Crippen molar-refractivity contribution in [3.63, 3.8) is 0 Å². The molecule has 0 amide bonds. The van der Waals surface area contributed by atoms with Gasteiger partial charge in [-0.25, -0.2) is 0 Å². The number of hydrogen-bond acceptors (Lipinski definition) is 3. The van der Waals surface area contributed by atoms with Crippen LogP contribution in [0.25, 0.3) is 0 Å². The molecule has 0 spiro atoms. The summed E-state index contributed by atoms with van der Waals surface area (Å²) in [6.45, 7) is 0. The van der Waals surface area contributed by atoms with E-state index in [0.717, 1.165) is 6.07 Å². The number of hydrogen-bond donors (Lipinski definition) is 0. The molecule has 0 aromatic heterocycles. The number of nitro groups is 1. The molecule has 116 valence electrons. The standard InChI is InChI=1S/C13H6Cl2F3NO3/c14-9-3-2-8(6-10(9)15)22-12-4-1-7(13(16,17)18)5-11(12)19(20)21/h1-6H. The molecule has 2 aromatic rings. The van der Waals surface area contributed by atoms with Crippen molar-refractivity contribution in [1.29, 1.82) is 0 Å². The molecule has 9 heteroatoms. The smallest absolute Gasteiger partial charge is 0.416 e. The van der Waals surface area contributed by atoms with Crippen molar-refractivity contribution in [3.05, 3.63) is 62.1 Å². The molecule has 22 heavy (non-hydrogen) atoms. The fourth-order valence-corrected chi connectivity index (χ4v) is 1.88. The van der Waals surface area contributed by atoms with E-state index in [1.54, 1.807) is 0 Å². The maximum atomic E-state index is 12.6. The van der Waals surface area contributed by atoms with Crippen LogP contribution in [0.5, 0.6) is 11.5 Å². The molecule has 0 N–H and O–H groups in total. The second-order valence-electron chi connectivity index (χ2n) is 4.12. The van der Waals surface area contributed by atoms with E-state index in [2.05, 4.69) is 0 Å². The highest BCUT2D eigenvalue weighted by Crippen LogP contribution is 2.38. The van der Waals surface area contributed by atoms with Crippen LogP contribution in [0.3, 0.4) is 0 Å². The summed E-state index contributed by atoms with van der Waals surface area (Å²) in [5.74, 6) is -0.228. The largest absolute Gasteiger partial charge is 0.450 e. The Bertz CT molecular complexity index is 735. The third-order valence-corrected chi connectivity index (χ3v) is 3.34. The first kappa shape index (κ1) is 16.4. The summed E-state index contributed by atoms with van der Waals surface area (Å²) in [5.41, 5.74) is -1.94. The summed E-state index contributed by atoms with van der Waals surface area (Å²) >= 11 is 11.5. The van der Waals surface area contributed by atoms with Gasteiger partial charge in [0.05, 0.1) is 20.5 Å². The van der Waals surface area contributed by atoms with Crippen LogP contribution in [0.15, 0.2) is 36.4 Å². The summed E-state index contributed by atoms with van der Waals surface area (Å²) in [4.78, 5) is 9.97. The Kier molecular flexibility index (Phi) is 4.48. The van der Waals surface area contributed by atoms with Gasteiger partial charge in [0.2, 0.25) is 5.75 Å². The van der Waals surface area contributed by atoms with Crippen molar-refractivity contribution in [2.45, 2.75) is 6.18 Å². The van der Waals surface area contributed by atoms with E-state index in [1.807, 2.05) is 0 Å². The highest BCUT2D eigenvalue weighted by atomic mass is 35.5. The third kappa shape index (κ3) is 3.61. The molecule has 0 aliphatic carbocycles. The predicted molar refractivity (Wildman–Crippen MR) is 74.6 cm³/mol. The monoisotopic (exact) mass is 351 g/mol. The van der Waals surface area contributed by atoms with Gasteiger partial charge in [0.25, 0.3) is 0 Å². The first-order valence-corrected chi connectivity index (χ1v) is 6.42. The zero-order valence-corrected chi connectivity index (χ0v) is 12.0. The number of benzene rings is 2. The van der Waals surface area contributed by atoms with Gasteiger partial charge in [-0.2, -0.15) is 13.2 Å². The van der Waals surface area contributed by atoms with Gasteiger partial charge < -0.3 is 4.74 Å². The van der Waals surface area contributed by atoms with Crippen LogP contribution in [0, 0.1) is 10.1 Å². The minimum Gasteiger partial charge on any atom is -0.450 e. The molecule has 0 saturated carbocycles. The molecular weight excluding hydrogens is 346 g/mol. The van der Waals surface area contributed by atoms with Gasteiger partial charge in [0, 0.05) is 12.1 Å². The lowest BCUT2D eigenvalue weighted by molar-refractivity contribution is -0.385. The van der Waals surface area contributed by atoms with Crippen molar-refractivity contribution in [1.82, 2.24) is 0 Å². The van der Waals surface area contributed by atoms with E-state index in [1.165, 1.54) is 18.2 Å². The van der Waals surface area contributed by atoms with Crippen LogP contribution in [-0.2, 0) is 6.18 Å². The number of nitro benzene ring substituents is 1. The highest BCUT2D eigenvalue weighted by Gasteiger charge is 2.33. The van der Waals surface area contributed by atoms with Crippen molar-refractivity contribution in [2.75, 3.05) is 0 Å². The second kappa shape index (κ2) is 6.02. The Morgan fingerprint density at radius 1 is 1.05 bits per heavy atom. The number of alkyl halides is 3. The van der Waals surface area contributed by atoms with Crippen molar-refractivity contribution >= 4 is 28.9 Å². The second-order valence-corrected chi connectivity index (χ2v) is 4.93. The van der Waals surface area contributed by atoms with Gasteiger partial charge in [-0.05, 0) is 24.3 Å². The molecule has 0 saturated heterocycles. The lowest BCUT2D eigenvalue weighted by Gasteiger charge is -2.10. The first-order chi connectivity index (χ1) is 10.2. The SMILES string of the molecule is O=[N+]([O-])c1cc(C(F)(F)F)ccc1Oc1ccc(Cl)c(Cl)c1. The Labute approximate surface area is 132 Å². The van der Waals surface area contributed by atoms with Crippen LogP contribution in [0.1, 0.15) is 5.56 Å². The molecular formula is C13H6Cl2F3NO3. The molecule has 0 bridgehead atoms. The average Bonchev–Trinajstić information content (AvgIpc) is 2.42. The summed E-state index contributed by atoms with van der Waals surface area (Å²) in [6, 6.07) is 6.06. The molecule has 0 fully saturated rings. The zero-order valence-electron chi connectivity index (χ0n) is 10.5. The van der Waals surface area contributed by atoms with E-state index in [4.69, 9.17) is 27.9 Å². The normalized spacial score (nSPS) is 11.3. The van der Waals surface area contributed by atoms with Gasteiger partial charge in [-0.3, -0.25) is 10.1 Å². The summed E-state index contributed by atoms with van der Waals surface area (Å²) in [5, 5.41) is 11.3. The molecule has 0 unspecified atom stereocenters. The summed E-state index contributed by atoms with van der Waals surface area (Å²) in [6.07, 6.45) is -4.69. The zero-order chi connectivity index (χ0) is 16.5. The van der Waals surface area contributed by atoms with Crippen LogP contribution >= 0.6 is 23.2 Å². The topological polar surface area (TPSA) is 52.4 Å². The quantitative estimate of drug-likeness (QED) is 0.525. The minimum atomic E-state index is -4.69. The maximum absolute atomic E-state index is 12.6. The number of rotatable bonds is 3. The van der Waals surface area contributed by atoms with E-state index < -0.39 is 22.4 Å². The predicted octanol–water partition coefficient (Wildman–Crippen LogP) is 5.71. The van der Waals surface area contributed by atoms with Crippen LogP contribution in [-0.4, -0.2) is 4.92 Å². The van der Waals surface area contributed by atoms with Crippen LogP contribution < -0.4 is 4.74 Å². The third-order valence-electron chi connectivity index (χ3n) is 2.60. The fraction of sp³-hybridized carbons (Fsp3) is 0.0769. The van der Waals surface area contributed by atoms with Crippen molar-refractivity contribution in [2.24, 2.45) is 0 Å². The van der Waals surface area contributed by atoms with Gasteiger partial charge in [-0.15, -0.1) is 0 Å². The maximum Gasteiger partial charge on any atom is 0.416 e. The first-order valence-electron chi connectivity index (χ1n) is 5.67. The Hall–Kier alpha value is -1.99. The van der Waals surface area contributed by atoms with E-state index >= 15 is 0 Å². The number of nitrogens with zero attached hydrogens (tertiary/aromatic N) is 1. The van der Waals surface area contributed by atoms with Crippen LogP contribution in [0.4, 0.5) is 18.9 Å². The summed E-state index contributed by atoms with van der Waals surface area (Å²) in [7, 11) is 0. The minimum absolute atomic E-state index is 0.109. The lowest BCUT2D eigenvalue weighted by atomic mass is 10.2. The molecule has 0 aliphatic heterocycles. The molecule has 0 aliphatic rings. The van der Waals surface area contributed by atoms with Gasteiger partial charge >= 0.3 is 11.9 Å². The van der Waals surface area contributed by atoms with Crippen molar-refractivity contribution in [3.8, 4) is 11.5 Å². The Morgan fingerprint density at radius 2 is 1.73 bits per heavy atom. The van der Waals surface area contributed by atoms with E-state index in [-0.39, 0.29) is 21.5 Å². The molecule has 2 aromatic carbocycles. The molecule has 0 heterocycles. The molecule has 0 atom stereocenters.